The molecule has 0 fully saturated rings. The third kappa shape index (κ3) is 1.95. The molecule has 0 aliphatic heterocycles. The molecule has 0 heterocycles. The van der Waals surface area contributed by atoms with Crippen LogP contribution in [0.25, 0.3) is 5.57 Å². The summed E-state index contributed by atoms with van der Waals surface area (Å²) >= 11 is 0. The molecule has 0 amide bonds. The number of aryl methyl sites for hydroxylation is 3. The Balaban J connectivity index is 2.51. The standard InChI is InChI=1S/C15H18O/c1-10-8-12(3)14(9-11(10)2)13-6-4-5-7-15(13)16/h6,8-9H,4-5,7H2,1-3H3. The average molecular weight is 214 g/mol. The van der Waals surface area contributed by atoms with Gasteiger partial charge in [-0.05, 0) is 55.9 Å². The highest BCUT2D eigenvalue weighted by atomic mass is 16.1. The van der Waals surface area contributed by atoms with E-state index in [1.165, 1.54) is 16.7 Å². The molecule has 0 N–H and O–H groups in total. The van der Waals surface area contributed by atoms with Gasteiger partial charge in [-0.1, -0.05) is 18.2 Å². The van der Waals surface area contributed by atoms with Crippen molar-refractivity contribution in [3.8, 4) is 0 Å². The van der Waals surface area contributed by atoms with E-state index in [-0.39, 0.29) is 0 Å². The van der Waals surface area contributed by atoms with Crippen LogP contribution in [0, 0.1) is 20.8 Å². The fourth-order valence-electron chi connectivity index (χ4n) is 2.27. The van der Waals surface area contributed by atoms with E-state index < -0.39 is 0 Å². The highest BCUT2D eigenvalue weighted by Crippen LogP contribution is 2.28. The van der Waals surface area contributed by atoms with E-state index in [1.807, 2.05) is 0 Å². The largest absolute Gasteiger partial charge is 0.294 e. The first-order valence-corrected chi connectivity index (χ1v) is 5.91. The summed E-state index contributed by atoms with van der Waals surface area (Å²) in [4.78, 5) is 11.9. The van der Waals surface area contributed by atoms with Gasteiger partial charge in [-0.2, -0.15) is 0 Å². The molecule has 1 heteroatoms. The molecule has 0 saturated heterocycles. The maximum atomic E-state index is 11.9. The van der Waals surface area contributed by atoms with Crippen molar-refractivity contribution in [2.75, 3.05) is 0 Å². The van der Waals surface area contributed by atoms with Gasteiger partial charge in [-0.15, -0.1) is 0 Å². The Kier molecular flexibility index (Phi) is 2.95. The Labute approximate surface area is 97.2 Å². The monoisotopic (exact) mass is 214 g/mol. The second-order valence-electron chi connectivity index (χ2n) is 4.68. The van der Waals surface area contributed by atoms with Gasteiger partial charge in [0.2, 0.25) is 0 Å². The summed E-state index contributed by atoms with van der Waals surface area (Å²) in [6.07, 6.45) is 4.85. The van der Waals surface area contributed by atoms with Crippen LogP contribution in [-0.4, -0.2) is 5.78 Å². The molecule has 0 saturated carbocycles. The maximum absolute atomic E-state index is 11.9. The maximum Gasteiger partial charge on any atom is 0.163 e. The Morgan fingerprint density at radius 3 is 2.38 bits per heavy atom. The number of hydrogen-bond acceptors (Lipinski definition) is 1. The number of allylic oxidation sites excluding steroid dienone is 2. The fourth-order valence-corrected chi connectivity index (χ4v) is 2.27. The van der Waals surface area contributed by atoms with Crippen LogP contribution < -0.4 is 0 Å². The van der Waals surface area contributed by atoms with Gasteiger partial charge >= 0.3 is 0 Å². The molecular formula is C15H18O. The van der Waals surface area contributed by atoms with Gasteiger partial charge in [0.1, 0.15) is 0 Å². The number of ketones is 1. The first kappa shape index (κ1) is 11.1. The summed E-state index contributed by atoms with van der Waals surface area (Å²) in [6, 6.07) is 4.33. The smallest absolute Gasteiger partial charge is 0.163 e. The van der Waals surface area contributed by atoms with E-state index in [2.05, 4.69) is 39.0 Å². The number of carbonyl (C=O) groups is 1. The molecule has 16 heavy (non-hydrogen) atoms. The minimum absolute atomic E-state index is 0.303. The third-order valence-electron chi connectivity index (χ3n) is 3.39. The number of hydrogen-bond donors (Lipinski definition) is 0. The molecule has 84 valence electrons. The van der Waals surface area contributed by atoms with Gasteiger partial charge in [0.25, 0.3) is 0 Å². The second kappa shape index (κ2) is 4.25. The first-order valence-electron chi connectivity index (χ1n) is 5.91. The van der Waals surface area contributed by atoms with Crippen molar-refractivity contribution in [1.29, 1.82) is 0 Å². The predicted molar refractivity (Wildman–Crippen MR) is 67.5 cm³/mol. The summed E-state index contributed by atoms with van der Waals surface area (Å²) in [5.41, 5.74) is 5.84. The van der Waals surface area contributed by atoms with Gasteiger partial charge in [0.05, 0.1) is 0 Å². The highest BCUT2D eigenvalue weighted by molar-refractivity contribution is 6.21. The van der Waals surface area contributed by atoms with E-state index in [1.54, 1.807) is 0 Å². The Morgan fingerprint density at radius 1 is 1.00 bits per heavy atom. The lowest BCUT2D eigenvalue weighted by atomic mass is 9.88. The van der Waals surface area contributed by atoms with Crippen molar-refractivity contribution >= 4 is 11.4 Å². The third-order valence-corrected chi connectivity index (χ3v) is 3.39. The molecule has 1 nitrogen and oxygen atoms in total. The van der Waals surface area contributed by atoms with Gasteiger partial charge in [0.15, 0.2) is 5.78 Å². The summed E-state index contributed by atoms with van der Waals surface area (Å²) in [5.74, 6) is 0.303. The van der Waals surface area contributed by atoms with Crippen LogP contribution in [0.15, 0.2) is 18.2 Å². The zero-order valence-electron chi connectivity index (χ0n) is 10.3. The highest BCUT2D eigenvalue weighted by Gasteiger charge is 2.17. The van der Waals surface area contributed by atoms with Crippen molar-refractivity contribution in [3.05, 3.63) is 40.5 Å². The van der Waals surface area contributed by atoms with E-state index in [4.69, 9.17) is 0 Å². The fraction of sp³-hybridized carbons (Fsp3) is 0.400. The Morgan fingerprint density at radius 2 is 1.69 bits per heavy atom. The molecule has 0 aromatic heterocycles. The minimum atomic E-state index is 0.303. The van der Waals surface area contributed by atoms with Gasteiger partial charge in [-0.3, -0.25) is 4.79 Å². The van der Waals surface area contributed by atoms with E-state index in [9.17, 15) is 4.79 Å². The zero-order valence-corrected chi connectivity index (χ0v) is 10.3. The molecule has 1 aromatic rings. The van der Waals surface area contributed by atoms with Crippen molar-refractivity contribution < 1.29 is 4.79 Å². The van der Waals surface area contributed by atoms with Crippen LogP contribution in [0.3, 0.4) is 0 Å². The van der Waals surface area contributed by atoms with Gasteiger partial charge in [0, 0.05) is 12.0 Å². The van der Waals surface area contributed by atoms with E-state index in [0.29, 0.717) is 12.2 Å². The Hall–Kier alpha value is -1.37. The van der Waals surface area contributed by atoms with Crippen LogP contribution in [-0.2, 0) is 4.79 Å². The number of rotatable bonds is 1. The molecular weight excluding hydrogens is 196 g/mol. The SMILES string of the molecule is Cc1cc(C)c(C2=CCCCC2=O)cc1C. The topological polar surface area (TPSA) is 17.1 Å². The van der Waals surface area contributed by atoms with Crippen LogP contribution >= 0.6 is 0 Å². The van der Waals surface area contributed by atoms with Crippen LogP contribution in [0.2, 0.25) is 0 Å². The molecule has 0 unspecified atom stereocenters. The lowest BCUT2D eigenvalue weighted by molar-refractivity contribution is -0.114. The molecule has 2 rings (SSSR count). The summed E-state index contributed by atoms with van der Waals surface area (Å²) < 4.78 is 0. The molecule has 0 spiro atoms. The van der Waals surface area contributed by atoms with Crippen molar-refractivity contribution in [2.45, 2.75) is 40.0 Å². The molecule has 0 radical (unpaired) electrons. The van der Waals surface area contributed by atoms with E-state index >= 15 is 0 Å². The van der Waals surface area contributed by atoms with Gasteiger partial charge in [-0.25, -0.2) is 0 Å². The number of benzene rings is 1. The summed E-state index contributed by atoms with van der Waals surface area (Å²) in [7, 11) is 0. The van der Waals surface area contributed by atoms with Crippen molar-refractivity contribution in [3.63, 3.8) is 0 Å². The second-order valence-corrected chi connectivity index (χ2v) is 4.68. The molecule has 0 bridgehead atoms. The lowest BCUT2D eigenvalue weighted by Crippen LogP contribution is -2.07. The lowest BCUT2D eigenvalue weighted by Gasteiger charge is -2.15. The molecule has 0 atom stereocenters. The quantitative estimate of drug-likeness (QED) is 0.696. The minimum Gasteiger partial charge on any atom is -0.294 e. The average Bonchev–Trinajstić information content (AvgIpc) is 2.25. The Bertz CT molecular complexity index is 467. The molecule has 1 aliphatic carbocycles. The first-order chi connectivity index (χ1) is 7.59. The number of carbonyl (C=O) groups excluding carboxylic acids is 1. The molecule has 1 aromatic carbocycles. The summed E-state index contributed by atoms with van der Waals surface area (Å²) in [5, 5.41) is 0. The zero-order chi connectivity index (χ0) is 11.7. The molecule has 1 aliphatic rings. The van der Waals surface area contributed by atoms with E-state index in [0.717, 1.165) is 24.0 Å². The summed E-state index contributed by atoms with van der Waals surface area (Å²) in [6.45, 7) is 6.31. The number of Topliss-reactive ketones (excluding diaryl/α,β-unsaturated/α-hetero) is 1. The van der Waals surface area contributed by atoms with Crippen molar-refractivity contribution in [2.24, 2.45) is 0 Å². The normalized spacial score (nSPS) is 16.2. The van der Waals surface area contributed by atoms with Crippen LogP contribution in [0.1, 0.15) is 41.5 Å². The van der Waals surface area contributed by atoms with Crippen LogP contribution in [0.4, 0.5) is 0 Å². The van der Waals surface area contributed by atoms with Crippen molar-refractivity contribution in [1.82, 2.24) is 0 Å². The van der Waals surface area contributed by atoms with Gasteiger partial charge < -0.3 is 0 Å². The predicted octanol–water partition coefficient (Wildman–Crippen LogP) is 3.75. The van der Waals surface area contributed by atoms with Crippen LogP contribution in [0.5, 0.6) is 0 Å².